The van der Waals surface area contributed by atoms with Gasteiger partial charge in [-0.1, -0.05) is 38.5 Å². The van der Waals surface area contributed by atoms with E-state index >= 15 is 0 Å². The first kappa shape index (κ1) is 21.2. The van der Waals surface area contributed by atoms with Crippen molar-refractivity contribution in [3.63, 3.8) is 0 Å². The van der Waals surface area contributed by atoms with Crippen molar-refractivity contribution in [3.05, 3.63) is 0 Å². The number of hydrogen-bond donors (Lipinski definition) is 1. The molecule has 5 heteroatoms. The highest BCUT2D eigenvalue weighted by atomic mass is 16.2. The molecule has 0 atom stereocenters. The van der Waals surface area contributed by atoms with E-state index in [1.54, 1.807) is 0 Å². The highest BCUT2D eigenvalue weighted by Crippen LogP contribution is 2.30. The number of carbonyl (C=O) groups is 2. The zero-order valence-electron chi connectivity index (χ0n) is 17.3. The quantitative estimate of drug-likeness (QED) is 0.508. The van der Waals surface area contributed by atoms with Gasteiger partial charge in [-0.15, -0.1) is 0 Å². The molecule has 0 aromatic heterocycles. The molecule has 0 unspecified atom stereocenters. The predicted molar refractivity (Wildman–Crippen MR) is 114 cm³/mol. The summed E-state index contributed by atoms with van der Waals surface area (Å²) in [6.07, 6.45) is 19.8. The number of Topliss-reactive ketones (excluding diaryl/α,β-unsaturated/α-hetero) is 1. The molecular weight excluding hydrogens is 350 g/mol. The summed E-state index contributed by atoms with van der Waals surface area (Å²) in [5, 5.41) is 4.20. The first-order chi connectivity index (χ1) is 13.7. The van der Waals surface area contributed by atoms with Gasteiger partial charge in [-0.25, -0.2) is 5.43 Å². The van der Waals surface area contributed by atoms with Gasteiger partial charge in [0.05, 0.1) is 6.54 Å². The van der Waals surface area contributed by atoms with Crippen LogP contribution in [0.25, 0.3) is 0 Å². The average Bonchev–Trinajstić information content (AvgIpc) is 2.75. The van der Waals surface area contributed by atoms with Gasteiger partial charge in [0.25, 0.3) is 0 Å². The van der Waals surface area contributed by atoms with Crippen molar-refractivity contribution in [1.82, 2.24) is 5.43 Å². The highest BCUT2D eigenvalue weighted by Gasteiger charge is 2.29. The summed E-state index contributed by atoms with van der Waals surface area (Å²) in [6.45, 7) is 0.323. The van der Waals surface area contributed by atoms with Gasteiger partial charge in [0.15, 0.2) is 5.78 Å². The normalized spacial score (nSPS) is 28.0. The zero-order valence-corrected chi connectivity index (χ0v) is 17.3. The smallest absolute Gasteiger partial charge is 0.243 e. The molecule has 28 heavy (non-hydrogen) atoms. The van der Waals surface area contributed by atoms with Gasteiger partial charge in [-0.3, -0.25) is 14.6 Å². The van der Waals surface area contributed by atoms with Crippen molar-refractivity contribution in [3.8, 4) is 0 Å². The van der Waals surface area contributed by atoms with Crippen molar-refractivity contribution in [2.45, 2.75) is 89.9 Å². The Morgan fingerprint density at radius 1 is 0.714 bits per heavy atom. The molecule has 0 bridgehead atoms. The highest BCUT2D eigenvalue weighted by molar-refractivity contribution is 5.85. The van der Waals surface area contributed by atoms with Gasteiger partial charge in [0, 0.05) is 24.3 Å². The molecule has 1 N–H and O–H groups in total. The van der Waals surface area contributed by atoms with Crippen LogP contribution in [0, 0.1) is 23.7 Å². The van der Waals surface area contributed by atoms with Gasteiger partial charge in [0.2, 0.25) is 5.91 Å². The maximum atomic E-state index is 12.4. The number of aliphatic imine (C=N–C) groups is 1. The first-order valence-electron chi connectivity index (χ1n) is 11.6. The third-order valence-electron chi connectivity index (χ3n) is 6.88. The molecule has 1 amide bonds. The molecule has 0 saturated heterocycles. The number of rotatable bonds is 7. The molecule has 3 saturated carbocycles. The average molecular weight is 388 g/mol. The van der Waals surface area contributed by atoms with Crippen LogP contribution in [-0.4, -0.2) is 30.7 Å². The van der Waals surface area contributed by atoms with Crippen LogP contribution < -0.4 is 5.43 Å². The minimum absolute atomic E-state index is 0.00158. The Morgan fingerprint density at radius 2 is 1.25 bits per heavy atom. The van der Waals surface area contributed by atoms with Crippen LogP contribution in [0.4, 0.5) is 0 Å². The van der Waals surface area contributed by atoms with E-state index in [2.05, 4.69) is 15.5 Å². The number of nitrogens with zero attached hydrogens (tertiary/aromatic N) is 2. The Hall–Kier alpha value is -1.52. The number of hydrazone groups is 1. The maximum Gasteiger partial charge on any atom is 0.243 e. The number of hydrogen-bond acceptors (Lipinski definition) is 4. The largest absolute Gasteiger partial charge is 0.297 e. The summed E-state index contributed by atoms with van der Waals surface area (Å²) in [5.41, 5.74) is 2.74. The molecule has 5 nitrogen and oxygen atoms in total. The van der Waals surface area contributed by atoms with Gasteiger partial charge in [0.1, 0.15) is 0 Å². The van der Waals surface area contributed by atoms with Crippen molar-refractivity contribution in [2.75, 3.05) is 6.54 Å². The van der Waals surface area contributed by atoms with Crippen molar-refractivity contribution >= 4 is 24.1 Å². The van der Waals surface area contributed by atoms with Crippen molar-refractivity contribution in [2.24, 2.45) is 33.8 Å². The minimum atomic E-state index is -0.00158. The Morgan fingerprint density at radius 3 is 1.86 bits per heavy atom. The summed E-state index contributed by atoms with van der Waals surface area (Å²) >= 11 is 0. The Kier molecular flexibility index (Phi) is 8.69. The van der Waals surface area contributed by atoms with E-state index in [0.717, 1.165) is 25.7 Å². The standard InChI is InChI=1S/C23H37N3O2/c27-22(17-24-15-18-7-3-1-4-8-18)20-11-13-21(14-12-20)23(28)26-25-16-19-9-5-2-6-10-19/h15-16,18-21H,1-14,17H2,(H,26,28)/b24-15?,25-16-. The molecular formula is C23H37N3O2. The number of amides is 1. The fourth-order valence-corrected chi connectivity index (χ4v) is 4.96. The fraction of sp³-hybridized carbons (Fsp3) is 0.826. The lowest BCUT2D eigenvalue weighted by Gasteiger charge is -2.26. The topological polar surface area (TPSA) is 70.9 Å². The van der Waals surface area contributed by atoms with E-state index in [4.69, 9.17) is 0 Å². The summed E-state index contributed by atoms with van der Waals surface area (Å²) in [6, 6.07) is 0. The molecule has 3 fully saturated rings. The van der Waals surface area contributed by atoms with E-state index in [-0.39, 0.29) is 23.5 Å². The summed E-state index contributed by atoms with van der Waals surface area (Å²) in [5.74, 6) is 1.46. The SMILES string of the molecule is O=C(CN=CC1CCCCC1)C1CCC(C(=O)N/N=C\C2CCCCC2)CC1. The molecule has 3 aliphatic rings. The Labute approximate surface area is 169 Å². The first-order valence-corrected chi connectivity index (χ1v) is 11.6. The minimum Gasteiger partial charge on any atom is -0.297 e. The van der Waals surface area contributed by atoms with Gasteiger partial charge in [-0.05, 0) is 63.2 Å². The lowest BCUT2D eigenvalue weighted by Crippen LogP contribution is -2.32. The van der Waals surface area contributed by atoms with Crippen LogP contribution in [0.5, 0.6) is 0 Å². The summed E-state index contributed by atoms with van der Waals surface area (Å²) in [4.78, 5) is 29.2. The zero-order chi connectivity index (χ0) is 19.6. The summed E-state index contributed by atoms with van der Waals surface area (Å²) in [7, 11) is 0. The Bertz CT molecular complexity index is 502. The van der Waals surface area contributed by atoms with Crippen LogP contribution in [0.3, 0.4) is 0 Å². The van der Waals surface area contributed by atoms with E-state index in [1.165, 1.54) is 64.2 Å². The lowest BCUT2D eigenvalue weighted by molar-refractivity contribution is -0.129. The molecule has 0 aromatic carbocycles. The van der Waals surface area contributed by atoms with Crippen molar-refractivity contribution < 1.29 is 9.59 Å². The maximum absolute atomic E-state index is 12.4. The van der Waals surface area contributed by atoms with Crippen LogP contribution in [-0.2, 0) is 9.59 Å². The van der Waals surface area contributed by atoms with Crippen LogP contribution in [0.1, 0.15) is 89.9 Å². The monoisotopic (exact) mass is 387 g/mol. The summed E-state index contributed by atoms with van der Waals surface area (Å²) < 4.78 is 0. The van der Waals surface area contributed by atoms with Crippen LogP contribution in [0.15, 0.2) is 10.1 Å². The van der Waals surface area contributed by atoms with E-state index in [1.807, 2.05) is 12.4 Å². The molecule has 0 aliphatic heterocycles. The van der Waals surface area contributed by atoms with Gasteiger partial charge < -0.3 is 0 Å². The van der Waals surface area contributed by atoms with Crippen LogP contribution >= 0.6 is 0 Å². The van der Waals surface area contributed by atoms with Crippen molar-refractivity contribution in [1.29, 1.82) is 0 Å². The second-order valence-corrected chi connectivity index (χ2v) is 9.06. The lowest BCUT2D eigenvalue weighted by atomic mass is 9.79. The molecule has 0 heterocycles. The molecule has 156 valence electrons. The third-order valence-corrected chi connectivity index (χ3v) is 6.88. The van der Waals surface area contributed by atoms with Gasteiger partial charge in [-0.2, -0.15) is 5.10 Å². The van der Waals surface area contributed by atoms with E-state index in [9.17, 15) is 9.59 Å². The second kappa shape index (κ2) is 11.5. The molecule has 0 aromatic rings. The molecule has 3 aliphatic carbocycles. The van der Waals surface area contributed by atoms with Gasteiger partial charge >= 0.3 is 0 Å². The predicted octanol–water partition coefficient (Wildman–Crippen LogP) is 4.70. The van der Waals surface area contributed by atoms with E-state index < -0.39 is 0 Å². The second-order valence-electron chi connectivity index (χ2n) is 9.06. The molecule has 0 radical (unpaired) electrons. The number of ketones is 1. The molecule has 3 rings (SSSR count). The molecule has 0 spiro atoms. The van der Waals surface area contributed by atoms with E-state index in [0.29, 0.717) is 18.4 Å². The van der Waals surface area contributed by atoms with Crippen LogP contribution in [0.2, 0.25) is 0 Å². The fourth-order valence-electron chi connectivity index (χ4n) is 4.96. The third kappa shape index (κ3) is 6.82. The number of carbonyl (C=O) groups excluding carboxylic acids is 2. The Balaban J connectivity index is 1.32. The number of nitrogens with one attached hydrogen (secondary N) is 1.